The number of hydrogen-bond acceptors (Lipinski definition) is 4. The number of nitrogens with one attached hydrogen (secondary N) is 1. The van der Waals surface area contributed by atoms with Gasteiger partial charge >= 0.3 is 0 Å². The molecule has 1 heterocycles. The van der Waals surface area contributed by atoms with Gasteiger partial charge in [0.15, 0.2) is 11.6 Å². The van der Waals surface area contributed by atoms with E-state index in [9.17, 15) is 8.78 Å². The summed E-state index contributed by atoms with van der Waals surface area (Å²) >= 11 is 1.47. The van der Waals surface area contributed by atoms with Crippen LogP contribution < -0.4 is 5.32 Å². The first kappa shape index (κ1) is 16.0. The third-order valence-corrected chi connectivity index (χ3v) is 4.04. The first-order valence-corrected chi connectivity index (χ1v) is 7.97. The highest BCUT2D eigenvalue weighted by Gasteiger charge is 2.11. The Balaban J connectivity index is 1.87. The van der Waals surface area contributed by atoms with Crippen molar-refractivity contribution in [2.45, 2.75) is 32.6 Å². The zero-order valence-corrected chi connectivity index (χ0v) is 12.8. The van der Waals surface area contributed by atoms with Crippen molar-refractivity contribution in [2.24, 2.45) is 0 Å². The van der Waals surface area contributed by atoms with Crippen molar-refractivity contribution >= 4 is 11.3 Å². The third kappa shape index (κ3) is 4.82. The molecule has 0 saturated carbocycles. The Hall–Kier alpha value is -1.40. The largest absolute Gasteiger partial charge is 0.317 e. The lowest BCUT2D eigenvalue weighted by Gasteiger charge is -2.00. The van der Waals surface area contributed by atoms with Crippen molar-refractivity contribution in [3.63, 3.8) is 0 Å². The number of nitrogens with zero attached hydrogens (tertiary/aromatic N) is 2. The minimum atomic E-state index is -0.820. The van der Waals surface area contributed by atoms with Crippen molar-refractivity contribution in [1.29, 1.82) is 0 Å². The van der Waals surface area contributed by atoms with E-state index in [-0.39, 0.29) is 6.42 Å². The average Bonchev–Trinajstić information content (AvgIpc) is 2.91. The molecule has 0 fully saturated rings. The second kappa shape index (κ2) is 8.14. The van der Waals surface area contributed by atoms with Gasteiger partial charge in [-0.1, -0.05) is 19.1 Å². The SMILES string of the molecule is CCCNCCCc1nnc(Cc2cccc(F)c2F)s1. The summed E-state index contributed by atoms with van der Waals surface area (Å²) in [4.78, 5) is 0. The summed E-state index contributed by atoms with van der Waals surface area (Å²) in [6.45, 7) is 4.12. The van der Waals surface area contributed by atoms with Gasteiger partial charge in [-0.15, -0.1) is 21.5 Å². The van der Waals surface area contributed by atoms with Crippen LogP contribution in [-0.4, -0.2) is 23.3 Å². The van der Waals surface area contributed by atoms with E-state index in [2.05, 4.69) is 22.4 Å². The topological polar surface area (TPSA) is 37.8 Å². The number of halogens is 2. The lowest BCUT2D eigenvalue weighted by molar-refractivity contribution is 0.500. The van der Waals surface area contributed by atoms with E-state index < -0.39 is 11.6 Å². The molecule has 2 rings (SSSR count). The van der Waals surface area contributed by atoms with Crippen LogP contribution >= 0.6 is 11.3 Å². The Morgan fingerprint density at radius 3 is 2.76 bits per heavy atom. The maximum absolute atomic E-state index is 13.6. The lowest BCUT2D eigenvalue weighted by atomic mass is 10.1. The van der Waals surface area contributed by atoms with Gasteiger partial charge in [-0.3, -0.25) is 0 Å². The second-order valence-electron chi connectivity index (χ2n) is 4.83. The molecule has 0 aliphatic heterocycles. The molecule has 0 amide bonds. The van der Waals surface area contributed by atoms with Gasteiger partial charge in [0.1, 0.15) is 10.0 Å². The molecular weight excluding hydrogens is 292 g/mol. The molecular formula is C15H19F2N3S. The van der Waals surface area contributed by atoms with Gasteiger partial charge in [-0.05, 0) is 37.6 Å². The Morgan fingerprint density at radius 1 is 1.14 bits per heavy atom. The summed E-state index contributed by atoms with van der Waals surface area (Å²) in [7, 11) is 0. The second-order valence-corrected chi connectivity index (χ2v) is 5.98. The predicted molar refractivity (Wildman–Crippen MR) is 80.6 cm³/mol. The molecule has 1 aromatic heterocycles. The van der Waals surface area contributed by atoms with Gasteiger partial charge in [0.25, 0.3) is 0 Å². The Kier molecular flexibility index (Phi) is 6.20. The first-order chi connectivity index (χ1) is 10.2. The molecule has 3 nitrogen and oxygen atoms in total. The molecule has 0 spiro atoms. The average molecular weight is 311 g/mol. The van der Waals surface area contributed by atoms with Crippen LogP contribution in [0.2, 0.25) is 0 Å². The molecule has 21 heavy (non-hydrogen) atoms. The van der Waals surface area contributed by atoms with E-state index >= 15 is 0 Å². The molecule has 0 radical (unpaired) electrons. The van der Waals surface area contributed by atoms with Crippen LogP contribution in [0.4, 0.5) is 8.78 Å². The number of aryl methyl sites for hydroxylation is 1. The molecule has 0 aliphatic carbocycles. The molecule has 0 atom stereocenters. The monoisotopic (exact) mass is 311 g/mol. The number of rotatable bonds is 8. The maximum atomic E-state index is 13.6. The molecule has 1 aromatic carbocycles. The molecule has 0 unspecified atom stereocenters. The van der Waals surface area contributed by atoms with Crippen LogP contribution in [0.5, 0.6) is 0 Å². The summed E-state index contributed by atoms with van der Waals surface area (Å²) < 4.78 is 26.7. The van der Waals surface area contributed by atoms with Crippen molar-refractivity contribution in [3.8, 4) is 0 Å². The lowest BCUT2D eigenvalue weighted by Crippen LogP contribution is -2.16. The van der Waals surface area contributed by atoms with Gasteiger partial charge in [0.05, 0.1) is 0 Å². The zero-order valence-electron chi connectivity index (χ0n) is 12.0. The Bertz CT molecular complexity index is 572. The van der Waals surface area contributed by atoms with Gasteiger partial charge in [-0.2, -0.15) is 0 Å². The fourth-order valence-electron chi connectivity index (χ4n) is 1.98. The highest BCUT2D eigenvalue weighted by atomic mass is 32.1. The smallest absolute Gasteiger partial charge is 0.162 e. The van der Waals surface area contributed by atoms with Crippen LogP contribution in [0.1, 0.15) is 35.3 Å². The first-order valence-electron chi connectivity index (χ1n) is 7.15. The highest BCUT2D eigenvalue weighted by Crippen LogP contribution is 2.19. The quantitative estimate of drug-likeness (QED) is 0.760. The fraction of sp³-hybridized carbons (Fsp3) is 0.467. The van der Waals surface area contributed by atoms with Gasteiger partial charge < -0.3 is 5.32 Å². The van der Waals surface area contributed by atoms with Crippen molar-refractivity contribution in [1.82, 2.24) is 15.5 Å². The molecule has 2 aromatic rings. The van der Waals surface area contributed by atoms with E-state index in [1.807, 2.05) is 0 Å². The third-order valence-electron chi connectivity index (χ3n) is 3.05. The van der Waals surface area contributed by atoms with Crippen molar-refractivity contribution in [2.75, 3.05) is 13.1 Å². The Labute approximate surface area is 127 Å². The van der Waals surface area contributed by atoms with Crippen molar-refractivity contribution < 1.29 is 8.78 Å². The normalized spacial score (nSPS) is 11.0. The van der Waals surface area contributed by atoms with Crippen molar-refractivity contribution in [3.05, 3.63) is 45.4 Å². The Morgan fingerprint density at radius 2 is 1.95 bits per heavy atom. The fourth-order valence-corrected chi connectivity index (χ4v) is 2.88. The van der Waals surface area contributed by atoms with Crippen LogP contribution in [0.3, 0.4) is 0 Å². The number of benzene rings is 1. The number of aromatic nitrogens is 2. The van der Waals surface area contributed by atoms with E-state index in [0.29, 0.717) is 5.56 Å². The van der Waals surface area contributed by atoms with Crippen LogP contribution in [-0.2, 0) is 12.8 Å². The number of hydrogen-bond donors (Lipinski definition) is 1. The van der Waals surface area contributed by atoms with E-state index in [1.54, 1.807) is 6.07 Å². The molecule has 0 saturated heterocycles. The maximum Gasteiger partial charge on any atom is 0.162 e. The van der Waals surface area contributed by atoms with Crippen LogP contribution in [0, 0.1) is 11.6 Å². The standard InChI is InChI=1S/C15H19F2N3S/c1-2-8-18-9-4-7-13-19-20-14(21-13)10-11-5-3-6-12(16)15(11)17/h3,5-6,18H,2,4,7-10H2,1H3. The minimum Gasteiger partial charge on any atom is -0.317 e. The molecule has 0 aliphatic rings. The van der Waals surface area contributed by atoms with E-state index in [0.717, 1.165) is 48.4 Å². The predicted octanol–water partition coefficient (Wildman–Crippen LogP) is 3.34. The van der Waals surface area contributed by atoms with Gasteiger partial charge in [0.2, 0.25) is 0 Å². The summed E-state index contributed by atoms with van der Waals surface area (Å²) in [6.07, 6.45) is 3.28. The molecule has 1 N–H and O–H groups in total. The molecule has 6 heteroatoms. The summed E-state index contributed by atoms with van der Waals surface area (Å²) in [5.41, 5.74) is 0.322. The highest BCUT2D eigenvalue weighted by molar-refractivity contribution is 7.11. The summed E-state index contributed by atoms with van der Waals surface area (Å²) in [5, 5.41) is 13.2. The zero-order chi connectivity index (χ0) is 15.1. The minimum absolute atomic E-state index is 0.287. The molecule has 114 valence electrons. The van der Waals surface area contributed by atoms with Gasteiger partial charge in [-0.25, -0.2) is 8.78 Å². The van der Waals surface area contributed by atoms with Crippen LogP contribution in [0.25, 0.3) is 0 Å². The van der Waals surface area contributed by atoms with E-state index in [4.69, 9.17) is 0 Å². The van der Waals surface area contributed by atoms with Crippen LogP contribution in [0.15, 0.2) is 18.2 Å². The summed E-state index contributed by atoms with van der Waals surface area (Å²) in [5.74, 6) is -1.61. The summed E-state index contributed by atoms with van der Waals surface area (Å²) in [6, 6.07) is 4.21. The van der Waals surface area contributed by atoms with Gasteiger partial charge in [0, 0.05) is 12.8 Å². The molecule has 0 bridgehead atoms. The van der Waals surface area contributed by atoms with E-state index in [1.165, 1.54) is 17.4 Å².